The molecule has 0 bridgehead atoms. The van der Waals surface area contributed by atoms with Gasteiger partial charge in [0.1, 0.15) is 12.1 Å². The van der Waals surface area contributed by atoms with Gasteiger partial charge in [0.05, 0.1) is 6.04 Å². The molecule has 0 aliphatic rings. The number of carboxylic acids is 1. The molecule has 11 heteroatoms. The van der Waals surface area contributed by atoms with Gasteiger partial charge < -0.3 is 38.7 Å². The van der Waals surface area contributed by atoms with Crippen molar-refractivity contribution in [1.82, 2.24) is 10.6 Å². The van der Waals surface area contributed by atoms with E-state index < -0.39 is 35.9 Å². The largest absolute Gasteiger partial charge is 0.480 e. The van der Waals surface area contributed by atoms with Crippen LogP contribution in [-0.4, -0.2) is 60.1 Å². The van der Waals surface area contributed by atoms with E-state index in [-0.39, 0.29) is 18.3 Å². The maximum Gasteiger partial charge on any atom is 0.326 e. The number of unbranched alkanes of at least 4 members (excludes halogenated alkanes) is 1. The predicted molar refractivity (Wildman–Crippen MR) is 107 cm³/mol. The Morgan fingerprint density at radius 2 is 1.64 bits per heavy atom. The Morgan fingerprint density at radius 3 is 2.14 bits per heavy atom. The van der Waals surface area contributed by atoms with Gasteiger partial charge in [-0.25, -0.2) is 4.79 Å². The summed E-state index contributed by atoms with van der Waals surface area (Å²) in [5, 5.41) is 14.4. The van der Waals surface area contributed by atoms with Gasteiger partial charge in [0, 0.05) is 6.54 Å². The summed E-state index contributed by atoms with van der Waals surface area (Å²) in [6, 6.07) is -2.76. The summed E-state index contributed by atoms with van der Waals surface area (Å²) in [6.45, 7) is 4.30. The number of nitrogens with zero attached hydrogens (tertiary/aromatic N) is 1. The number of guanidine groups is 1. The van der Waals surface area contributed by atoms with Crippen molar-refractivity contribution in [1.29, 1.82) is 0 Å². The number of carboxylic acid groups (broad SMARTS) is 1. The fraction of sp³-hybridized carbons (Fsp3) is 0.765. The number of hydrogen-bond acceptors (Lipinski definition) is 6. The summed E-state index contributed by atoms with van der Waals surface area (Å²) < 4.78 is 0. The van der Waals surface area contributed by atoms with Crippen molar-refractivity contribution < 1.29 is 19.5 Å². The van der Waals surface area contributed by atoms with Crippen LogP contribution < -0.4 is 33.6 Å². The number of amides is 2. The molecule has 0 saturated carbocycles. The van der Waals surface area contributed by atoms with Crippen molar-refractivity contribution in [3.8, 4) is 0 Å². The van der Waals surface area contributed by atoms with Crippen molar-refractivity contribution in [2.75, 3.05) is 13.1 Å². The van der Waals surface area contributed by atoms with Gasteiger partial charge in [0.15, 0.2) is 5.96 Å². The highest BCUT2D eigenvalue weighted by Gasteiger charge is 2.29. The van der Waals surface area contributed by atoms with Crippen LogP contribution >= 0.6 is 0 Å². The van der Waals surface area contributed by atoms with Crippen LogP contribution in [0.15, 0.2) is 4.99 Å². The highest BCUT2D eigenvalue weighted by atomic mass is 16.4. The third-order valence-electron chi connectivity index (χ3n) is 4.11. The number of carbonyl (C=O) groups excluding carboxylic acids is 2. The molecule has 0 aromatic rings. The maximum atomic E-state index is 12.5. The molecule has 0 fully saturated rings. The minimum absolute atomic E-state index is 0.0333. The van der Waals surface area contributed by atoms with E-state index in [9.17, 15) is 19.5 Å². The fourth-order valence-corrected chi connectivity index (χ4v) is 2.46. The summed E-state index contributed by atoms with van der Waals surface area (Å²) in [7, 11) is 0. The molecule has 0 aliphatic heterocycles. The van der Waals surface area contributed by atoms with Crippen LogP contribution in [0.25, 0.3) is 0 Å². The minimum Gasteiger partial charge on any atom is -0.480 e. The molecule has 0 aromatic carbocycles. The maximum absolute atomic E-state index is 12.5. The average Bonchev–Trinajstić information content (AvgIpc) is 2.61. The van der Waals surface area contributed by atoms with Gasteiger partial charge in [-0.3, -0.25) is 14.6 Å². The predicted octanol–water partition coefficient (Wildman–Crippen LogP) is -1.79. The normalized spacial score (nSPS) is 14.0. The molecule has 3 unspecified atom stereocenters. The molecule has 0 aliphatic carbocycles. The number of nitrogens with two attached hydrogens (primary N) is 4. The van der Waals surface area contributed by atoms with E-state index in [1.54, 1.807) is 13.8 Å². The standard InChI is InChI=1S/C17H35N7O4/c1-10(2)13(15(26)23-12(16(27)28)7-3-4-8-18)24-14(25)11(19)6-5-9-22-17(20)21/h10-13H,3-9,18-19H2,1-2H3,(H,23,26)(H,24,25)(H,27,28)(H4,20,21,22). The van der Waals surface area contributed by atoms with Crippen LogP contribution in [-0.2, 0) is 14.4 Å². The molecule has 0 saturated heterocycles. The van der Waals surface area contributed by atoms with Gasteiger partial charge >= 0.3 is 5.97 Å². The zero-order valence-corrected chi connectivity index (χ0v) is 16.7. The molecule has 11 nitrogen and oxygen atoms in total. The number of nitrogens with one attached hydrogen (secondary N) is 2. The zero-order valence-electron chi connectivity index (χ0n) is 16.7. The number of aliphatic imine (C=N–C) groups is 1. The molecular weight excluding hydrogens is 366 g/mol. The lowest BCUT2D eigenvalue weighted by molar-refractivity contribution is -0.142. The Kier molecular flexibility index (Phi) is 12.5. The topological polar surface area (TPSA) is 212 Å². The van der Waals surface area contributed by atoms with E-state index in [2.05, 4.69) is 15.6 Å². The lowest BCUT2D eigenvalue weighted by atomic mass is 10.0. The van der Waals surface area contributed by atoms with Crippen molar-refractivity contribution in [2.45, 2.75) is 64.1 Å². The first-order chi connectivity index (χ1) is 13.1. The summed E-state index contributed by atoms with van der Waals surface area (Å²) in [6.07, 6.45) is 2.35. The van der Waals surface area contributed by atoms with Gasteiger partial charge in [-0.2, -0.15) is 0 Å². The summed E-state index contributed by atoms with van der Waals surface area (Å²) >= 11 is 0. The summed E-state index contributed by atoms with van der Waals surface area (Å²) in [4.78, 5) is 40.0. The first-order valence-electron chi connectivity index (χ1n) is 9.44. The monoisotopic (exact) mass is 401 g/mol. The molecule has 11 N–H and O–H groups in total. The Bertz CT molecular complexity index is 536. The Morgan fingerprint density at radius 1 is 1.00 bits per heavy atom. The van der Waals surface area contributed by atoms with Crippen LogP contribution in [0, 0.1) is 5.92 Å². The van der Waals surface area contributed by atoms with Gasteiger partial charge in [0.25, 0.3) is 0 Å². The second-order valence-electron chi connectivity index (χ2n) is 6.97. The minimum atomic E-state index is -1.13. The first kappa shape index (κ1) is 25.6. The summed E-state index contributed by atoms with van der Waals surface area (Å²) in [5.41, 5.74) is 21.7. The SMILES string of the molecule is CC(C)C(NC(=O)C(N)CCCN=C(N)N)C(=O)NC(CCCCN)C(=O)O. The highest BCUT2D eigenvalue weighted by molar-refractivity contribution is 5.91. The van der Waals surface area contributed by atoms with E-state index in [4.69, 9.17) is 22.9 Å². The lowest BCUT2D eigenvalue weighted by Crippen LogP contribution is -2.56. The molecule has 0 radical (unpaired) electrons. The first-order valence-corrected chi connectivity index (χ1v) is 9.44. The lowest BCUT2D eigenvalue weighted by Gasteiger charge is -2.25. The van der Waals surface area contributed by atoms with Crippen molar-refractivity contribution in [2.24, 2.45) is 33.8 Å². The number of rotatable bonds is 14. The van der Waals surface area contributed by atoms with Crippen LogP contribution in [0.3, 0.4) is 0 Å². The van der Waals surface area contributed by atoms with Crippen LogP contribution in [0.4, 0.5) is 0 Å². The average molecular weight is 402 g/mol. The molecule has 2 amide bonds. The van der Waals surface area contributed by atoms with Crippen LogP contribution in [0.2, 0.25) is 0 Å². The van der Waals surface area contributed by atoms with Crippen LogP contribution in [0.1, 0.15) is 46.0 Å². The smallest absolute Gasteiger partial charge is 0.326 e. The van der Waals surface area contributed by atoms with E-state index >= 15 is 0 Å². The molecule has 0 spiro atoms. The van der Waals surface area contributed by atoms with Crippen molar-refractivity contribution >= 4 is 23.7 Å². The molecular formula is C17H35N7O4. The molecule has 28 heavy (non-hydrogen) atoms. The third kappa shape index (κ3) is 10.7. The van der Waals surface area contributed by atoms with E-state index in [1.165, 1.54) is 0 Å². The molecule has 0 aromatic heterocycles. The fourth-order valence-electron chi connectivity index (χ4n) is 2.46. The van der Waals surface area contributed by atoms with Crippen molar-refractivity contribution in [3.05, 3.63) is 0 Å². The third-order valence-corrected chi connectivity index (χ3v) is 4.11. The van der Waals surface area contributed by atoms with E-state index in [1.807, 2.05) is 0 Å². The van der Waals surface area contributed by atoms with Gasteiger partial charge in [-0.05, 0) is 44.6 Å². The molecule has 0 heterocycles. The van der Waals surface area contributed by atoms with Gasteiger partial charge in [-0.1, -0.05) is 13.8 Å². The summed E-state index contributed by atoms with van der Waals surface area (Å²) in [5.74, 6) is -2.47. The quantitative estimate of drug-likeness (QED) is 0.0999. The number of hydrogen-bond donors (Lipinski definition) is 7. The van der Waals surface area contributed by atoms with E-state index in [0.29, 0.717) is 38.8 Å². The Balaban J connectivity index is 4.76. The molecule has 0 rings (SSSR count). The second kappa shape index (κ2) is 13.7. The molecule has 3 atom stereocenters. The zero-order chi connectivity index (χ0) is 21.7. The van der Waals surface area contributed by atoms with Crippen molar-refractivity contribution in [3.63, 3.8) is 0 Å². The van der Waals surface area contributed by atoms with E-state index in [0.717, 1.165) is 0 Å². The second-order valence-corrected chi connectivity index (χ2v) is 6.97. The highest BCUT2D eigenvalue weighted by Crippen LogP contribution is 2.07. The van der Waals surface area contributed by atoms with Gasteiger partial charge in [0.2, 0.25) is 11.8 Å². The van der Waals surface area contributed by atoms with Gasteiger partial charge in [-0.15, -0.1) is 0 Å². The number of carbonyl (C=O) groups is 3. The Labute approximate surface area is 165 Å². The van der Waals surface area contributed by atoms with Crippen LogP contribution in [0.5, 0.6) is 0 Å². The molecule has 162 valence electrons. The number of aliphatic carboxylic acids is 1. The Hall–Kier alpha value is -2.40.